The molecule has 5 heteroatoms. The number of hydrogen-bond donors (Lipinski definition) is 2. The maximum absolute atomic E-state index is 6.28. The number of nitrogens with zero attached hydrogens (tertiary/aromatic N) is 2. The molecule has 25 heavy (non-hydrogen) atoms. The molecule has 1 saturated heterocycles. The molecule has 3 rings (SSSR count). The average molecular weight is 349 g/mol. The van der Waals surface area contributed by atoms with Crippen LogP contribution in [0, 0.1) is 5.41 Å². The van der Waals surface area contributed by atoms with Crippen LogP contribution in [0.2, 0.25) is 0 Å². The summed E-state index contributed by atoms with van der Waals surface area (Å²) in [5.74, 6) is 0.572. The first kappa shape index (κ1) is 18.9. The fourth-order valence-corrected chi connectivity index (χ4v) is 4.76. The molecule has 0 amide bonds. The molecule has 2 fully saturated rings. The van der Waals surface area contributed by atoms with Gasteiger partial charge in [0.1, 0.15) is 0 Å². The molecule has 1 atom stereocenters. The second kappa shape index (κ2) is 7.37. The minimum absolute atomic E-state index is 0.144. The van der Waals surface area contributed by atoms with Crippen molar-refractivity contribution < 1.29 is 4.74 Å². The van der Waals surface area contributed by atoms with Crippen molar-refractivity contribution in [1.29, 1.82) is 0 Å². The molecule has 1 aliphatic heterocycles. The van der Waals surface area contributed by atoms with E-state index in [1.807, 2.05) is 18.8 Å². The van der Waals surface area contributed by atoms with Crippen LogP contribution in [0.3, 0.4) is 0 Å². The molecule has 1 aromatic rings. The smallest absolute Gasteiger partial charge is 0.0703 e. The number of aryl methyl sites for hydroxylation is 1. The molecular weight excluding hydrogens is 312 g/mol. The summed E-state index contributed by atoms with van der Waals surface area (Å²) in [5, 5.41) is 11.7. The Labute approximate surface area is 152 Å². The van der Waals surface area contributed by atoms with Crippen molar-refractivity contribution >= 4 is 0 Å². The van der Waals surface area contributed by atoms with Crippen LogP contribution in [-0.4, -0.2) is 42.1 Å². The molecular formula is C20H36N4O. The first-order chi connectivity index (χ1) is 11.8. The molecule has 2 N–H and O–H groups in total. The Morgan fingerprint density at radius 1 is 1.32 bits per heavy atom. The average Bonchev–Trinajstić information content (AvgIpc) is 3.09. The lowest BCUT2D eigenvalue weighted by atomic mass is 9.72. The van der Waals surface area contributed by atoms with Gasteiger partial charge in [-0.3, -0.25) is 4.68 Å². The van der Waals surface area contributed by atoms with Gasteiger partial charge in [-0.15, -0.1) is 0 Å². The summed E-state index contributed by atoms with van der Waals surface area (Å²) >= 11 is 0. The van der Waals surface area contributed by atoms with Gasteiger partial charge in [0.25, 0.3) is 0 Å². The van der Waals surface area contributed by atoms with Crippen LogP contribution in [-0.2, 0) is 11.8 Å². The molecule has 0 radical (unpaired) electrons. The number of hydrogen-bond acceptors (Lipinski definition) is 4. The van der Waals surface area contributed by atoms with Gasteiger partial charge in [0.2, 0.25) is 0 Å². The molecule has 1 spiro atoms. The molecule has 1 aliphatic carbocycles. The van der Waals surface area contributed by atoms with Crippen LogP contribution in [0.15, 0.2) is 6.20 Å². The number of rotatable bonds is 6. The Kier molecular flexibility index (Phi) is 5.57. The van der Waals surface area contributed by atoms with E-state index in [0.717, 1.165) is 19.7 Å². The lowest BCUT2D eigenvalue weighted by Crippen LogP contribution is -2.34. The van der Waals surface area contributed by atoms with Gasteiger partial charge >= 0.3 is 0 Å². The summed E-state index contributed by atoms with van der Waals surface area (Å²) in [5.41, 5.74) is 3.16. The lowest BCUT2D eigenvalue weighted by molar-refractivity contribution is -0.0296. The standard InChI is InChI=1S/C20H36N4O/c1-15(22-11-10-21-4)17-12-24(5)23-18(17)16-6-8-20(9-7-16)13-19(2,3)14-25-20/h12,15-16,21-22H,6-11,13-14H2,1-5H3. The van der Waals surface area contributed by atoms with E-state index in [9.17, 15) is 0 Å². The summed E-state index contributed by atoms with van der Waals surface area (Å²) in [6, 6.07) is 0.342. The van der Waals surface area contributed by atoms with E-state index in [-0.39, 0.29) is 5.60 Å². The van der Waals surface area contributed by atoms with E-state index in [2.05, 4.69) is 37.6 Å². The van der Waals surface area contributed by atoms with Gasteiger partial charge in [-0.2, -0.15) is 5.10 Å². The van der Waals surface area contributed by atoms with Crippen molar-refractivity contribution in [2.24, 2.45) is 12.5 Å². The van der Waals surface area contributed by atoms with Crippen LogP contribution in [0.4, 0.5) is 0 Å². The van der Waals surface area contributed by atoms with Gasteiger partial charge < -0.3 is 15.4 Å². The lowest BCUT2D eigenvalue weighted by Gasteiger charge is -2.37. The zero-order valence-electron chi connectivity index (χ0n) is 16.7. The molecule has 142 valence electrons. The number of likely N-dealkylation sites (N-methyl/N-ethyl adjacent to an activating group) is 1. The van der Waals surface area contributed by atoms with Crippen molar-refractivity contribution in [3.63, 3.8) is 0 Å². The van der Waals surface area contributed by atoms with Crippen molar-refractivity contribution in [2.75, 3.05) is 26.7 Å². The highest BCUT2D eigenvalue weighted by Crippen LogP contribution is 2.50. The zero-order valence-corrected chi connectivity index (χ0v) is 16.7. The third-order valence-corrected chi connectivity index (χ3v) is 6.03. The highest BCUT2D eigenvalue weighted by atomic mass is 16.5. The Morgan fingerprint density at radius 2 is 2.04 bits per heavy atom. The third-order valence-electron chi connectivity index (χ3n) is 6.03. The van der Waals surface area contributed by atoms with Crippen LogP contribution in [0.25, 0.3) is 0 Å². The van der Waals surface area contributed by atoms with Crippen LogP contribution >= 0.6 is 0 Å². The molecule has 0 bridgehead atoms. The van der Waals surface area contributed by atoms with Crippen molar-refractivity contribution in [2.45, 2.75) is 70.4 Å². The number of ether oxygens (including phenoxy) is 1. The SMILES string of the molecule is CNCCNC(C)c1cn(C)nc1C1CCC2(CC1)CC(C)(C)CO2. The second-order valence-corrected chi connectivity index (χ2v) is 9.01. The predicted octanol–water partition coefficient (Wildman–Crippen LogP) is 3.13. The molecule has 1 saturated carbocycles. The van der Waals surface area contributed by atoms with E-state index in [1.165, 1.54) is 43.4 Å². The minimum Gasteiger partial charge on any atom is -0.374 e. The summed E-state index contributed by atoms with van der Waals surface area (Å²) in [6.45, 7) is 9.80. The van der Waals surface area contributed by atoms with E-state index in [0.29, 0.717) is 17.4 Å². The first-order valence-corrected chi connectivity index (χ1v) is 9.90. The summed E-state index contributed by atoms with van der Waals surface area (Å²) in [4.78, 5) is 0. The summed E-state index contributed by atoms with van der Waals surface area (Å²) in [6.07, 6.45) is 8.17. The maximum atomic E-state index is 6.28. The second-order valence-electron chi connectivity index (χ2n) is 9.01. The Bertz CT molecular complexity index is 572. The van der Waals surface area contributed by atoms with Gasteiger partial charge in [-0.25, -0.2) is 0 Å². The normalized spacial score (nSPS) is 30.0. The van der Waals surface area contributed by atoms with E-state index < -0.39 is 0 Å². The van der Waals surface area contributed by atoms with Gasteiger partial charge in [0.15, 0.2) is 0 Å². The predicted molar refractivity (Wildman–Crippen MR) is 102 cm³/mol. The van der Waals surface area contributed by atoms with E-state index >= 15 is 0 Å². The highest BCUT2D eigenvalue weighted by molar-refractivity contribution is 5.25. The minimum atomic E-state index is 0.144. The Morgan fingerprint density at radius 3 is 2.64 bits per heavy atom. The van der Waals surface area contributed by atoms with Gasteiger partial charge in [0.05, 0.1) is 17.9 Å². The quantitative estimate of drug-likeness (QED) is 0.776. The summed E-state index contributed by atoms with van der Waals surface area (Å²) in [7, 11) is 4.03. The van der Waals surface area contributed by atoms with Crippen LogP contribution in [0.5, 0.6) is 0 Å². The van der Waals surface area contributed by atoms with Crippen molar-refractivity contribution in [1.82, 2.24) is 20.4 Å². The van der Waals surface area contributed by atoms with E-state index in [1.54, 1.807) is 0 Å². The zero-order chi connectivity index (χ0) is 18.1. The fraction of sp³-hybridized carbons (Fsp3) is 0.850. The first-order valence-electron chi connectivity index (χ1n) is 9.90. The fourth-order valence-electron chi connectivity index (χ4n) is 4.76. The third kappa shape index (κ3) is 4.26. The maximum Gasteiger partial charge on any atom is 0.0703 e. The molecule has 2 aliphatic rings. The molecule has 2 heterocycles. The topological polar surface area (TPSA) is 51.1 Å². The molecule has 5 nitrogen and oxygen atoms in total. The Hall–Kier alpha value is -0.910. The van der Waals surface area contributed by atoms with Crippen molar-refractivity contribution in [3.8, 4) is 0 Å². The van der Waals surface area contributed by atoms with Crippen LogP contribution in [0.1, 0.15) is 76.1 Å². The molecule has 1 aromatic heterocycles. The van der Waals surface area contributed by atoms with Gasteiger partial charge in [0, 0.05) is 43.9 Å². The monoisotopic (exact) mass is 348 g/mol. The largest absolute Gasteiger partial charge is 0.374 e. The number of nitrogens with one attached hydrogen (secondary N) is 2. The molecule has 1 unspecified atom stereocenters. The van der Waals surface area contributed by atoms with Crippen molar-refractivity contribution in [3.05, 3.63) is 17.5 Å². The Balaban J connectivity index is 1.65. The molecule has 0 aromatic carbocycles. The van der Waals surface area contributed by atoms with E-state index in [4.69, 9.17) is 9.84 Å². The van der Waals surface area contributed by atoms with Crippen LogP contribution < -0.4 is 10.6 Å². The highest BCUT2D eigenvalue weighted by Gasteiger charge is 2.46. The number of aromatic nitrogens is 2. The van der Waals surface area contributed by atoms with Gasteiger partial charge in [-0.1, -0.05) is 13.8 Å². The van der Waals surface area contributed by atoms with Gasteiger partial charge in [-0.05, 0) is 51.5 Å². The summed E-state index contributed by atoms with van der Waals surface area (Å²) < 4.78 is 8.27.